The summed E-state index contributed by atoms with van der Waals surface area (Å²) in [5.74, 6) is -1.29. The van der Waals surface area contributed by atoms with Crippen LogP contribution in [0.2, 0.25) is 0 Å². The minimum Gasteiger partial charge on any atom is -0.397 e. The Morgan fingerprint density at radius 1 is 0.892 bits per heavy atom. The largest absolute Gasteiger partial charge is 0.397 e. The summed E-state index contributed by atoms with van der Waals surface area (Å²) < 4.78 is 26.5. The highest BCUT2D eigenvalue weighted by molar-refractivity contribution is 6.05. The van der Waals surface area contributed by atoms with Gasteiger partial charge in [0.2, 0.25) is 5.95 Å². The van der Waals surface area contributed by atoms with Crippen molar-refractivity contribution in [2.45, 2.75) is 6.54 Å². The van der Waals surface area contributed by atoms with Gasteiger partial charge in [-0.2, -0.15) is 4.39 Å². The monoisotopic (exact) mass is 498 g/mol. The van der Waals surface area contributed by atoms with Crippen molar-refractivity contribution in [2.75, 3.05) is 11.1 Å². The second kappa shape index (κ2) is 9.86. The van der Waals surface area contributed by atoms with Crippen LogP contribution in [0.25, 0.3) is 22.4 Å². The van der Waals surface area contributed by atoms with Crippen LogP contribution >= 0.6 is 0 Å². The number of rotatable bonds is 6. The molecule has 5 N–H and O–H groups in total. The van der Waals surface area contributed by atoms with Gasteiger partial charge >= 0.3 is 0 Å². The number of pyridine rings is 1. The van der Waals surface area contributed by atoms with Crippen LogP contribution in [0, 0.1) is 11.8 Å². The van der Waals surface area contributed by atoms with Gasteiger partial charge in [0.15, 0.2) is 0 Å². The molecule has 184 valence electrons. The third-order valence-corrected chi connectivity index (χ3v) is 5.68. The lowest BCUT2D eigenvalue weighted by Crippen LogP contribution is -2.22. The molecule has 0 saturated carbocycles. The first-order valence-corrected chi connectivity index (χ1v) is 11.2. The number of benzene rings is 3. The van der Waals surface area contributed by atoms with Crippen LogP contribution in [0.3, 0.4) is 0 Å². The van der Waals surface area contributed by atoms with Gasteiger partial charge in [-0.05, 0) is 66.2 Å². The molecule has 0 aliphatic heterocycles. The predicted octanol–water partition coefficient (Wildman–Crippen LogP) is 4.67. The molecule has 0 radical (unpaired) electrons. The Hall–Kier alpha value is -5.12. The number of aromatic amines is 1. The molecule has 5 aromatic rings. The number of hydrogen-bond donors (Lipinski definition) is 4. The van der Waals surface area contributed by atoms with Crippen LogP contribution in [0.1, 0.15) is 26.3 Å². The molecule has 2 heterocycles. The van der Waals surface area contributed by atoms with E-state index in [1.165, 1.54) is 24.4 Å². The topological polar surface area (TPSA) is 126 Å². The molecule has 0 atom stereocenters. The normalized spacial score (nSPS) is 10.9. The number of nitrogens with zero attached hydrogens (tertiary/aromatic N) is 2. The average Bonchev–Trinajstić information content (AvgIpc) is 3.33. The number of carbonyl (C=O) groups excluding carboxylic acids is 2. The zero-order valence-electron chi connectivity index (χ0n) is 19.3. The van der Waals surface area contributed by atoms with Crippen LogP contribution < -0.4 is 16.4 Å². The van der Waals surface area contributed by atoms with Gasteiger partial charge in [-0.15, -0.1) is 0 Å². The second-order valence-corrected chi connectivity index (χ2v) is 8.25. The van der Waals surface area contributed by atoms with Crippen LogP contribution in [0.5, 0.6) is 0 Å². The quantitative estimate of drug-likeness (QED) is 0.200. The highest BCUT2D eigenvalue weighted by atomic mass is 19.1. The molecule has 0 aliphatic carbocycles. The van der Waals surface area contributed by atoms with Gasteiger partial charge in [-0.3, -0.25) is 9.59 Å². The molecule has 5 rings (SSSR count). The van der Waals surface area contributed by atoms with E-state index < -0.39 is 17.7 Å². The number of halogens is 2. The van der Waals surface area contributed by atoms with Crippen molar-refractivity contribution in [2.24, 2.45) is 0 Å². The van der Waals surface area contributed by atoms with E-state index in [0.29, 0.717) is 33.5 Å². The number of imidazole rings is 1. The Kier molecular flexibility index (Phi) is 6.29. The van der Waals surface area contributed by atoms with Crippen molar-refractivity contribution in [3.05, 3.63) is 107 Å². The van der Waals surface area contributed by atoms with Crippen LogP contribution in [0.15, 0.2) is 79.0 Å². The molecule has 2 amide bonds. The third kappa shape index (κ3) is 5.27. The molecule has 3 aromatic carbocycles. The first-order valence-electron chi connectivity index (χ1n) is 11.2. The smallest absolute Gasteiger partial charge is 0.255 e. The Morgan fingerprint density at radius 3 is 2.43 bits per heavy atom. The number of nitrogens with two attached hydrogens (primary N) is 1. The minimum atomic E-state index is -0.578. The molecule has 0 spiro atoms. The summed E-state index contributed by atoms with van der Waals surface area (Å²) in [6.45, 7) is 0.241. The van der Waals surface area contributed by atoms with E-state index in [0.717, 1.165) is 11.6 Å². The number of hydrogen-bond acceptors (Lipinski definition) is 5. The molecule has 10 heteroatoms. The van der Waals surface area contributed by atoms with Crippen molar-refractivity contribution >= 4 is 34.2 Å². The number of carbonyl (C=O) groups is 2. The molecule has 8 nitrogen and oxygen atoms in total. The average molecular weight is 498 g/mol. The predicted molar refractivity (Wildman–Crippen MR) is 136 cm³/mol. The van der Waals surface area contributed by atoms with E-state index in [2.05, 4.69) is 25.6 Å². The van der Waals surface area contributed by atoms with Crippen molar-refractivity contribution in [3.8, 4) is 11.4 Å². The van der Waals surface area contributed by atoms with E-state index >= 15 is 0 Å². The Balaban J connectivity index is 1.22. The highest BCUT2D eigenvalue weighted by Gasteiger charge is 2.12. The minimum absolute atomic E-state index is 0.192. The summed E-state index contributed by atoms with van der Waals surface area (Å²) in [5, 5.41) is 5.43. The maximum atomic E-state index is 13.4. The summed E-state index contributed by atoms with van der Waals surface area (Å²) in [4.78, 5) is 36.4. The van der Waals surface area contributed by atoms with E-state index in [9.17, 15) is 18.4 Å². The zero-order valence-corrected chi connectivity index (χ0v) is 19.3. The maximum Gasteiger partial charge on any atom is 0.255 e. The summed E-state index contributed by atoms with van der Waals surface area (Å²) >= 11 is 0. The van der Waals surface area contributed by atoms with Gasteiger partial charge < -0.3 is 21.4 Å². The van der Waals surface area contributed by atoms with E-state index in [-0.39, 0.29) is 23.8 Å². The first-order chi connectivity index (χ1) is 17.9. The summed E-state index contributed by atoms with van der Waals surface area (Å²) in [5.41, 5.74) is 9.73. The lowest BCUT2D eigenvalue weighted by molar-refractivity contribution is 0.0950. The van der Waals surface area contributed by atoms with Gasteiger partial charge in [0.05, 0.1) is 22.4 Å². The lowest BCUT2D eigenvalue weighted by atomic mass is 10.1. The van der Waals surface area contributed by atoms with Crippen molar-refractivity contribution < 1.29 is 18.4 Å². The molecule has 2 aromatic heterocycles. The standard InChI is InChI=1S/C27H20F2N6O2/c28-19-7-8-20(30)22(12-19)35-27(37)16-3-1-15(2-4-16)13-32-26(36)17-5-9-21-23(11-17)34-25(33-21)18-6-10-24(29)31-14-18/h1-12,14H,13,30H2,(H,32,36)(H,33,34)(H,35,37). The molecular formula is C27H20F2N6O2. The highest BCUT2D eigenvalue weighted by Crippen LogP contribution is 2.22. The molecule has 0 fully saturated rings. The molecule has 0 aliphatic rings. The lowest BCUT2D eigenvalue weighted by Gasteiger charge is -2.09. The van der Waals surface area contributed by atoms with Gasteiger partial charge in [0.1, 0.15) is 11.6 Å². The number of amides is 2. The number of nitrogen functional groups attached to an aromatic ring is 1. The first kappa shape index (κ1) is 23.6. The SMILES string of the molecule is Nc1ccc(F)cc1NC(=O)c1ccc(CNC(=O)c2ccc3nc(-c4ccc(F)nc4)[nH]c3c2)cc1. The van der Waals surface area contributed by atoms with E-state index in [4.69, 9.17) is 5.73 Å². The van der Waals surface area contributed by atoms with Crippen LogP contribution in [-0.2, 0) is 6.54 Å². The number of fused-ring (bicyclic) bond motifs is 1. The van der Waals surface area contributed by atoms with Gasteiger partial charge in [0.25, 0.3) is 11.8 Å². The molecule has 0 saturated heterocycles. The number of H-pyrrole nitrogens is 1. The molecular weight excluding hydrogens is 478 g/mol. The van der Waals surface area contributed by atoms with Crippen molar-refractivity contribution in [1.82, 2.24) is 20.3 Å². The fourth-order valence-corrected chi connectivity index (χ4v) is 3.69. The van der Waals surface area contributed by atoms with Crippen LogP contribution in [0.4, 0.5) is 20.2 Å². The maximum absolute atomic E-state index is 13.4. The number of aromatic nitrogens is 3. The molecule has 0 bridgehead atoms. The fourth-order valence-electron chi connectivity index (χ4n) is 3.69. The fraction of sp³-hybridized carbons (Fsp3) is 0.0370. The summed E-state index contributed by atoms with van der Waals surface area (Å²) in [6.07, 6.45) is 1.38. The summed E-state index contributed by atoms with van der Waals surface area (Å²) in [7, 11) is 0. The van der Waals surface area contributed by atoms with Gasteiger partial charge in [-0.1, -0.05) is 12.1 Å². The van der Waals surface area contributed by atoms with Gasteiger partial charge in [-0.25, -0.2) is 14.4 Å². The molecule has 37 heavy (non-hydrogen) atoms. The third-order valence-electron chi connectivity index (χ3n) is 5.68. The zero-order chi connectivity index (χ0) is 25.9. The number of anilines is 2. The van der Waals surface area contributed by atoms with Crippen molar-refractivity contribution in [1.29, 1.82) is 0 Å². The Morgan fingerprint density at radius 2 is 1.68 bits per heavy atom. The second-order valence-electron chi connectivity index (χ2n) is 8.25. The Labute approximate surface area is 209 Å². The van der Waals surface area contributed by atoms with Gasteiger partial charge in [0, 0.05) is 29.4 Å². The van der Waals surface area contributed by atoms with Crippen molar-refractivity contribution in [3.63, 3.8) is 0 Å². The van der Waals surface area contributed by atoms with E-state index in [1.54, 1.807) is 48.5 Å². The van der Waals surface area contributed by atoms with Crippen LogP contribution in [-0.4, -0.2) is 26.8 Å². The molecule has 0 unspecified atom stereocenters. The van der Waals surface area contributed by atoms with E-state index in [1.807, 2.05) is 0 Å². The number of nitrogens with one attached hydrogen (secondary N) is 3. The Bertz CT molecular complexity index is 1620. The summed E-state index contributed by atoms with van der Waals surface area (Å²) in [6, 6.07) is 18.3.